The Balaban J connectivity index is 1.17. The minimum atomic E-state index is -3.66. The van der Waals surface area contributed by atoms with Gasteiger partial charge < -0.3 is 15.2 Å². The maximum absolute atomic E-state index is 13.2. The van der Waals surface area contributed by atoms with E-state index in [1.807, 2.05) is 6.07 Å². The van der Waals surface area contributed by atoms with E-state index in [2.05, 4.69) is 44.4 Å². The largest absolute Gasteiger partial charge is 0.352 e. The highest BCUT2D eigenvalue weighted by molar-refractivity contribution is 7.89. The lowest BCUT2D eigenvalue weighted by atomic mass is 10.1. The van der Waals surface area contributed by atoms with Crippen LogP contribution in [0.1, 0.15) is 41.6 Å². The SMILES string of the molecule is O=C(NCCCN1CCN(Cc2ccccc2)CC1)c1cc(=O)[nH]c2ccc(S(=O)(=O)N3CCCCC3)cc12. The van der Waals surface area contributed by atoms with Crippen molar-refractivity contribution in [3.05, 3.63) is 76.1 Å². The molecule has 208 valence electrons. The van der Waals surface area contributed by atoms with Crippen molar-refractivity contribution in [3.63, 3.8) is 0 Å². The van der Waals surface area contributed by atoms with Gasteiger partial charge in [-0.3, -0.25) is 14.5 Å². The van der Waals surface area contributed by atoms with Crippen LogP contribution in [-0.4, -0.2) is 85.8 Å². The standard InChI is InChI=1S/C29H37N5O4S/c35-28-21-26(25-20-24(10-11-27(25)31-28)39(37,38)34-14-5-2-6-15-34)29(36)30-12-7-13-32-16-18-33(19-17-32)22-23-8-3-1-4-9-23/h1,3-4,8-11,20-21H,2,5-7,12-19,22H2,(H,30,36)(H,31,35). The van der Waals surface area contributed by atoms with Crippen molar-refractivity contribution in [3.8, 4) is 0 Å². The number of amides is 1. The van der Waals surface area contributed by atoms with Gasteiger partial charge in [0.05, 0.1) is 10.5 Å². The second-order valence-electron chi connectivity index (χ2n) is 10.4. The molecule has 3 heterocycles. The van der Waals surface area contributed by atoms with Gasteiger partial charge in [0.2, 0.25) is 15.6 Å². The minimum Gasteiger partial charge on any atom is -0.352 e. The fourth-order valence-corrected chi connectivity index (χ4v) is 6.99. The number of pyridine rings is 1. The van der Waals surface area contributed by atoms with Gasteiger partial charge in [0.25, 0.3) is 5.91 Å². The molecule has 0 radical (unpaired) electrons. The van der Waals surface area contributed by atoms with Crippen LogP contribution in [0.2, 0.25) is 0 Å². The van der Waals surface area contributed by atoms with Gasteiger partial charge in [-0.1, -0.05) is 36.8 Å². The van der Waals surface area contributed by atoms with Crippen LogP contribution in [0, 0.1) is 0 Å². The molecule has 9 nitrogen and oxygen atoms in total. The molecule has 2 aliphatic heterocycles. The third kappa shape index (κ3) is 6.75. The Labute approximate surface area is 229 Å². The molecule has 0 unspecified atom stereocenters. The summed E-state index contributed by atoms with van der Waals surface area (Å²) in [6, 6.07) is 16.3. The van der Waals surface area contributed by atoms with Crippen molar-refractivity contribution in [1.82, 2.24) is 24.4 Å². The van der Waals surface area contributed by atoms with E-state index in [1.54, 1.807) is 6.07 Å². The zero-order chi connectivity index (χ0) is 27.2. The number of H-pyrrole nitrogens is 1. The number of piperazine rings is 1. The van der Waals surface area contributed by atoms with Gasteiger partial charge in [-0.05, 0) is 49.6 Å². The fraction of sp³-hybridized carbons (Fsp3) is 0.448. The smallest absolute Gasteiger partial charge is 0.252 e. The molecule has 1 aromatic heterocycles. The van der Waals surface area contributed by atoms with E-state index in [0.29, 0.717) is 30.5 Å². The number of aromatic nitrogens is 1. The molecule has 0 aliphatic carbocycles. The second kappa shape index (κ2) is 12.4. The number of nitrogens with zero attached hydrogens (tertiary/aromatic N) is 3. The molecular formula is C29H37N5O4S. The van der Waals surface area contributed by atoms with Crippen LogP contribution in [0.5, 0.6) is 0 Å². The number of aromatic amines is 1. The van der Waals surface area contributed by atoms with Crippen LogP contribution < -0.4 is 10.9 Å². The number of hydrogen-bond donors (Lipinski definition) is 2. The molecule has 0 saturated carbocycles. The van der Waals surface area contributed by atoms with Crippen molar-refractivity contribution in [2.75, 3.05) is 52.4 Å². The van der Waals surface area contributed by atoms with Crippen LogP contribution in [0.15, 0.2) is 64.3 Å². The summed E-state index contributed by atoms with van der Waals surface area (Å²) < 4.78 is 27.9. The van der Waals surface area contributed by atoms with Gasteiger partial charge in [-0.15, -0.1) is 0 Å². The Kier molecular flexibility index (Phi) is 8.76. The quantitative estimate of drug-likeness (QED) is 0.396. The van der Waals surface area contributed by atoms with Crippen LogP contribution in [0.3, 0.4) is 0 Å². The third-order valence-electron chi connectivity index (χ3n) is 7.66. The molecule has 0 bridgehead atoms. The normalized spacial score (nSPS) is 17.8. The highest BCUT2D eigenvalue weighted by Gasteiger charge is 2.27. The van der Waals surface area contributed by atoms with Gasteiger partial charge in [0, 0.05) is 69.3 Å². The first-order chi connectivity index (χ1) is 18.9. The number of rotatable bonds is 9. The second-order valence-corrected chi connectivity index (χ2v) is 12.4. The molecule has 2 saturated heterocycles. The fourth-order valence-electron chi connectivity index (χ4n) is 5.45. The van der Waals surface area contributed by atoms with E-state index in [-0.39, 0.29) is 16.4 Å². The number of carbonyl (C=O) groups excluding carboxylic acids is 1. The van der Waals surface area contributed by atoms with Crippen molar-refractivity contribution < 1.29 is 13.2 Å². The Bertz CT molecular complexity index is 1440. The average molecular weight is 552 g/mol. The van der Waals surface area contributed by atoms with Gasteiger partial charge in [0.15, 0.2) is 0 Å². The Morgan fingerprint density at radius 3 is 2.33 bits per heavy atom. The number of carbonyl (C=O) groups is 1. The van der Waals surface area contributed by atoms with Crippen molar-refractivity contribution in [2.24, 2.45) is 0 Å². The molecule has 2 N–H and O–H groups in total. The molecule has 2 fully saturated rings. The summed E-state index contributed by atoms with van der Waals surface area (Å²) in [5.41, 5.74) is 1.57. The highest BCUT2D eigenvalue weighted by Crippen LogP contribution is 2.25. The summed E-state index contributed by atoms with van der Waals surface area (Å²) in [6.07, 6.45) is 3.51. The van der Waals surface area contributed by atoms with E-state index in [0.717, 1.165) is 65.0 Å². The lowest BCUT2D eigenvalue weighted by Gasteiger charge is -2.34. The maximum Gasteiger partial charge on any atom is 0.252 e. The first kappa shape index (κ1) is 27.5. The Hall–Kier alpha value is -3.05. The van der Waals surface area contributed by atoms with Gasteiger partial charge in [-0.25, -0.2) is 8.42 Å². The maximum atomic E-state index is 13.2. The van der Waals surface area contributed by atoms with Crippen molar-refractivity contribution >= 4 is 26.8 Å². The minimum absolute atomic E-state index is 0.143. The molecule has 0 spiro atoms. The number of nitrogens with one attached hydrogen (secondary N) is 2. The molecule has 2 aliphatic rings. The van der Waals surface area contributed by atoms with E-state index >= 15 is 0 Å². The first-order valence-corrected chi connectivity index (χ1v) is 15.3. The van der Waals surface area contributed by atoms with Crippen molar-refractivity contribution in [2.45, 2.75) is 37.1 Å². The molecule has 5 rings (SSSR count). The molecule has 39 heavy (non-hydrogen) atoms. The Morgan fingerprint density at radius 1 is 0.872 bits per heavy atom. The highest BCUT2D eigenvalue weighted by atomic mass is 32.2. The van der Waals surface area contributed by atoms with E-state index in [1.165, 1.54) is 28.1 Å². The summed E-state index contributed by atoms with van der Waals surface area (Å²) in [6.45, 7) is 7.35. The number of sulfonamides is 1. The number of fused-ring (bicyclic) bond motifs is 1. The predicted molar refractivity (Wildman–Crippen MR) is 152 cm³/mol. The molecule has 0 atom stereocenters. The molecule has 10 heteroatoms. The van der Waals surface area contributed by atoms with E-state index < -0.39 is 15.6 Å². The van der Waals surface area contributed by atoms with Gasteiger partial charge >= 0.3 is 0 Å². The lowest BCUT2D eigenvalue weighted by molar-refractivity contribution is 0.0948. The molecule has 2 aromatic carbocycles. The third-order valence-corrected chi connectivity index (χ3v) is 9.56. The lowest BCUT2D eigenvalue weighted by Crippen LogP contribution is -2.46. The summed E-state index contributed by atoms with van der Waals surface area (Å²) in [7, 11) is -3.66. The zero-order valence-corrected chi connectivity index (χ0v) is 23.1. The van der Waals surface area contributed by atoms with Crippen LogP contribution in [0.25, 0.3) is 10.9 Å². The average Bonchev–Trinajstić information content (AvgIpc) is 2.96. The number of piperidine rings is 1. The number of benzene rings is 2. The summed E-state index contributed by atoms with van der Waals surface area (Å²) in [4.78, 5) is 33.1. The predicted octanol–water partition coefficient (Wildman–Crippen LogP) is 2.64. The van der Waals surface area contributed by atoms with Crippen LogP contribution in [0.4, 0.5) is 0 Å². The zero-order valence-electron chi connectivity index (χ0n) is 22.3. The molecule has 3 aromatic rings. The van der Waals surface area contributed by atoms with Crippen LogP contribution in [-0.2, 0) is 16.6 Å². The van der Waals surface area contributed by atoms with Crippen LogP contribution >= 0.6 is 0 Å². The van der Waals surface area contributed by atoms with Crippen molar-refractivity contribution in [1.29, 1.82) is 0 Å². The summed E-state index contributed by atoms with van der Waals surface area (Å²) in [5, 5.41) is 3.36. The van der Waals surface area contributed by atoms with E-state index in [9.17, 15) is 18.0 Å². The van der Waals surface area contributed by atoms with E-state index in [4.69, 9.17) is 0 Å². The molecular weight excluding hydrogens is 514 g/mol. The molecule has 1 amide bonds. The van der Waals surface area contributed by atoms with Gasteiger partial charge in [-0.2, -0.15) is 4.31 Å². The number of hydrogen-bond acceptors (Lipinski definition) is 6. The summed E-state index contributed by atoms with van der Waals surface area (Å²) >= 11 is 0. The first-order valence-electron chi connectivity index (χ1n) is 13.8. The monoisotopic (exact) mass is 551 g/mol. The topological polar surface area (TPSA) is 106 Å². The Morgan fingerprint density at radius 2 is 1.59 bits per heavy atom. The van der Waals surface area contributed by atoms with Gasteiger partial charge in [0.1, 0.15) is 0 Å². The summed E-state index contributed by atoms with van der Waals surface area (Å²) in [5.74, 6) is -0.369.